The van der Waals surface area contributed by atoms with Crippen molar-refractivity contribution in [2.24, 2.45) is 5.92 Å². The molecule has 1 amide bonds. The fourth-order valence-corrected chi connectivity index (χ4v) is 3.54. The topological polar surface area (TPSA) is 41.1 Å². The Morgan fingerprint density at radius 1 is 1.24 bits per heavy atom. The van der Waals surface area contributed by atoms with Crippen LogP contribution in [0, 0.1) is 5.92 Å². The highest BCUT2D eigenvalue weighted by molar-refractivity contribution is 9.10. The zero-order chi connectivity index (χ0) is 11.8. The molecular weight excluding hydrogens is 280 g/mol. The second-order valence-electron chi connectivity index (χ2n) is 4.76. The Morgan fingerprint density at radius 3 is 2.76 bits per heavy atom. The summed E-state index contributed by atoms with van der Waals surface area (Å²) < 4.78 is 1.05. The molecule has 1 aromatic carbocycles. The highest BCUT2D eigenvalue weighted by Crippen LogP contribution is 2.43. The molecule has 0 radical (unpaired) electrons. The van der Waals surface area contributed by atoms with Gasteiger partial charge in [0.05, 0.1) is 5.92 Å². The van der Waals surface area contributed by atoms with Gasteiger partial charge in [0.2, 0.25) is 5.91 Å². The van der Waals surface area contributed by atoms with Crippen LogP contribution < -0.4 is 10.6 Å². The third-order valence-electron chi connectivity index (χ3n) is 3.76. The summed E-state index contributed by atoms with van der Waals surface area (Å²) in [6, 6.07) is 5.97. The summed E-state index contributed by atoms with van der Waals surface area (Å²) in [5, 5.41) is 6.34. The number of anilines is 1. The fourth-order valence-electron chi connectivity index (χ4n) is 2.93. The number of piperidine rings is 1. The van der Waals surface area contributed by atoms with Gasteiger partial charge in [-0.1, -0.05) is 22.0 Å². The molecule has 1 saturated heterocycles. The molecule has 0 aromatic heterocycles. The molecule has 2 N–H and O–H groups in total. The van der Waals surface area contributed by atoms with Gasteiger partial charge in [0.25, 0.3) is 0 Å². The maximum Gasteiger partial charge on any atom is 0.232 e. The van der Waals surface area contributed by atoms with Gasteiger partial charge in [0.1, 0.15) is 0 Å². The van der Waals surface area contributed by atoms with Gasteiger partial charge in [-0.25, -0.2) is 0 Å². The number of fused-ring (bicyclic) bond motifs is 1. The molecule has 0 aliphatic carbocycles. The molecule has 1 atom stereocenters. The smallest absolute Gasteiger partial charge is 0.232 e. The van der Waals surface area contributed by atoms with Crippen LogP contribution in [0.25, 0.3) is 0 Å². The number of halogens is 1. The van der Waals surface area contributed by atoms with E-state index in [1.807, 2.05) is 18.2 Å². The van der Waals surface area contributed by atoms with E-state index >= 15 is 0 Å². The average Bonchev–Trinajstić information content (AvgIpc) is 2.68. The monoisotopic (exact) mass is 294 g/mol. The minimum Gasteiger partial charge on any atom is -0.325 e. The highest BCUT2D eigenvalue weighted by atomic mass is 79.9. The van der Waals surface area contributed by atoms with Crippen molar-refractivity contribution in [1.29, 1.82) is 0 Å². The molecule has 2 aliphatic rings. The van der Waals surface area contributed by atoms with E-state index in [-0.39, 0.29) is 11.8 Å². The van der Waals surface area contributed by atoms with E-state index in [9.17, 15) is 4.79 Å². The Morgan fingerprint density at radius 2 is 2.00 bits per heavy atom. The molecule has 2 aliphatic heterocycles. The standard InChI is InChI=1S/C13H15BrN2O/c14-9-2-1-3-10-12(9)11(13(17)16-10)8-4-6-15-7-5-8/h1-3,8,11,15H,4-7H2,(H,16,17). The van der Waals surface area contributed by atoms with Crippen LogP contribution in [0.4, 0.5) is 5.69 Å². The molecular formula is C13H15BrN2O. The number of carbonyl (C=O) groups is 1. The number of hydrogen-bond acceptors (Lipinski definition) is 2. The van der Waals surface area contributed by atoms with Crippen LogP contribution in [0.3, 0.4) is 0 Å². The van der Waals surface area contributed by atoms with Crippen molar-refractivity contribution >= 4 is 27.5 Å². The first-order valence-corrected chi connectivity index (χ1v) is 6.86. The summed E-state index contributed by atoms with van der Waals surface area (Å²) in [4.78, 5) is 12.1. The molecule has 90 valence electrons. The minimum atomic E-state index is 0.0303. The number of rotatable bonds is 1. The van der Waals surface area contributed by atoms with E-state index in [0.717, 1.165) is 41.7 Å². The lowest BCUT2D eigenvalue weighted by Gasteiger charge is -2.27. The maximum atomic E-state index is 12.1. The maximum absolute atomic E-state index is 12.1. The van der Waals surface area contributed by atoms with E-state index in [4.69, 9.17) is 0 Å². The molecule has 2 heterocycles. The minimum absolute atomic E-state index is 0.0303. The van der Waals surface area contributed by atoms with Gasteiger partial charge in [-0.3, -0.25) is 4.79 Å². The lowest BCUT2D eigenvalue weighted by atomic mass is 9.81. The Balaban J connectivity index is 1.98. The quantitative estimate of drug-likeness (QED) is 0.835. The third-order valence-corrected chi connectivity index (χ3v) is 4.45. The zero-order valence-electron chi connectivity index (χ0n) is 9.50. The molecule has 17 heavy (non-hydrogen) atoms. The van der Waals surface area contributed by atoms with Gasteiger partial charge in [-0.15, -0.1) is 0 Å². The Kier molecular flexibility index (Phi) is 2.92. The Hall–Kier alpha value is -0.870. The first-order valence-electron chi connectivity index (χ1n) is 6.07. The third kappa shape index (κ3) is 1.89. The Bertz CT molecular complexity index is 455. The van der Waals surface area contributed by atoms with Crippen molar-refractivity contribution in [3.8, 4) is 0 Å². The summed E-state index contributed by atoms with van der Waals surface area (Å²) in [6.45, 7) is 2.04. The summed E-state index contributed by atoms with van der Waals surface area (Å²) in [5.74, 6) is 0.665. The van der Waals surface area contributed by atoms with Crippen LogP contribution in [0.2, 0.25) is 0 Å². The predicted octanol–water partition coefficient (Wildman–Crippen LogP) is 2.48. The molecule has 0 bridgehead atoms. The molecule has 3 rings (SSSR count). The molecule has 1 aromatic rings. The van der Waals surface area contributed by atoms with Crippen molar-refractivity contribution in [1.82, 2.24) is 5.32 Å². The second-order valence-corrected chi connectivity index (χ2v) is 5.61. The Labute approximate surface area is 109 Å². The van der Waals surface area contributed by atoms with Crippen LogP contribution in [-0.2, 0) is 4.79 Å². The number of hydrogen-bond donors (Lipinski definition) is 2. The molecule has 3 nitrogen and oxygen atoms in total. The number of amides is 1. The number of nitrogens with one attached hydrogen (secondary N) is 2. The molecule has 4 heteroatoms. The van der Waals surface area contributed by atoms with Crippen LogP contribution in [0.1, 0.15) is 24.3 Å². The molecule has 0 saturated carbocycles. The van der Waals surface area contributed by atoms with Crippen molar-refractivity contribution < 1.29 is 4.79 Å². The van der Waals surface area contributed by atoms with Gasteiger partial charge in [0.15, 0.2) is 0 Å². The molecule has 1 unspecified atom stereocenters. The lowest BCUT2D eigenvalue weighted by Crippen LogP contribution is -2.33. The van der Waals surface area contributed by atoms with Crippen LogP contribution >= 0.6 is 15.9 Å². The first-order chi connectivity index (χ1) is 8.27. The van der Waals surface area contributed by atoms with E-state index in [1.165, 1.54) is 0 Å². The normalized spacial score (nSPS) is 24.5. The number of carbonyl (C=O) groups excluding carboxylic acids is 1. The summed E-state index contributed by atoms with van der Waals surface area (Å²) in [7, 11) is 0. The van der Waals surface area contributed by atoms with Gasteiger partial charge in [-0.05, 0) is 44.0 Å². The van der Waals surface area contributed by atoms with Crippen LogP contribution in [0.15, 0.2) is 22.7 Å². The largest absolute Gasteiger partial charge is 0.325 e. The predicted molar refractivity (Wildman–Crippen MR) is 71.1 cm³/mol. The number of benzene rings is 1. The average molecular weight is 295 g/mol. The van der Waals surface area contributed by atoms with Crippen LogP contribution in [-0.4, -0.2) is 19.0 Å². The van der Waals surface area contributed by atoms with Crippen molar-refractivity contribution in [3.05, 3.63) is 28.2 Å². The lowest BCUT2D eigenvalue weighted by molar-refractivity contribution is -0.118. The SMILES string of the molecule is O=C1Nc2cccc(Br)c2C1C1CCNCC1. The van der Waals surface area contributed by atoms with Gasteiger partial charge < -0.3 is 10.6 Å². The summed E-state index contributed by atoms with van der Waals surface area (Å²) in [5.41, 5.74) is 2.14. The van der Waals surface area contributed by atoms with E-state index in [1.54, 1.807) is 0 Å². The van der Waals surface area contributed by atoms with Crippen molar-refractivity contribution in [2.45, 2.75) is 18.8 Å². The van der Waals surface area contributed by atoms with E-state index in [2.05, 4.69) is 26.6 Å². The van der Waals surface area contributed by atoms with Gasteiger partial charge in [-0.2, -0.15) is 0 Å². The zero-order valence-corrected chi connectivity index (χ0v) is 11.1. The molecule has 1 fully saturated rings. The second kappa shape index (κ2) is 4.42. The van der Waals surface area contributed by atoms with Crippen molar-refractivity contribution in [3.63, 3.8) is 0 Å². The summed E-state index contributed by atoms with van der Waals surface area (Å²) >= 11 is 3.57. The first kappa shape index (κ1) is 11.2. The van der Waals surface area contributed by atoms with E-state index in [0.29, 0.717) is 5.92 Å². The fraction of sp³-hybridized carbons (Fsp3) is 0.462. The van der Waals surface area contributed by atoms with Gasteiger partial charge >= 0.3 is 0 Å². The summed E-state index contributed by atoms with van der Waals surface area (Å²) in [6.07, 6.45) is 2.16. The van der Waals surface area contributed by atoms with Gasteiger partial charge in [0, 0.05) is 15.7 Å². The molecule has 0 spiro atoms. The van der Waals surface area contributed by atoms with Crippen LogP contribution in [0.5, 0.6) is 0 Å². The van der Waals surface area contributed by atoms with E-state index < -0.39 is 0 Å². The highest BCUT2D eigenvalue weighted by Gasteiger charge is 2.38. The van der Waals surface area contributed by atoms with Crippen molar-refractivity contribution in [2.75, 3.05) is 18.4 Å².